The molecule has 0 unspecified atom stereocenters. The van der Waals surface area contributed by atoms with Crippen LogP contribution in [0.2, 0.25) is 5.02 Å². The van der Waals surface area contributed by atoms with Gasteiger partial charge in [0.15, 0.2) is 0 Å². The minimum atomic E-state index is -1.17. The molecule has 2 amide bonds. The number of rotatable bonds is 6. The fraction of sp³-hybridized carbons (Fsp3) is 0.200. The smallest absolute Gasteiger partial charge is 0.337 e. The number of imide groups is 1. The molecule has 0 spiro atoms. The predicted octanol–water partition coefficient (Wildman–Crippen LogP) is 4.29. The lowest BCUT2D eigenvalue weighted by molar-refractivity contribution is -0.149. The molecule has 1 aliphatic rings. The van der Waals surface area contributed by atoms with Crippen LogP contribution in [0.25, 0.3) is 17.4 Å². The van der Waals surface area contributed by atoms with Gasteiger partial charge in [0.2, 0.25) is 0 Å². The molecule has 1 aromatic carbocycles. The first kappa shape index (κ1) is 21.7. The average molecular weight is 450 g/mol. The normalized spacial score (nSPS) is 15.3. The third-order valence-corrected chi connectivity index (χ3v) is 5.15. The van der Waals surface area contributed by atoms with Crippen molar-refractivity contribution in [3.05, 3.63) is 51.6 Å². The summed E-state index contributed by atoms with van der Waals surface area (Å²) in [5, 5.41) is 8.71. The number of amides is 2. The molecule has 1 N–H and O–H groups in total. The van der Waals surface area contributed by atoms with Gasteiger partial charge in [0.25, 0.3) is 11.1 Å². The molecule has 1 aliphatic heterocycles. The van der Waals surface area contributed by atoms with Gasteiger partial charge in [-0.3, -0.25) is 19.3 Å². The lowest BCUT2D eigenvalue weighted by atomic mass is 10.1. The molecular formula is C20H16ClNO7S. The van der Waals surface area contributed by atoms with Crippen LogP contribution in [0.3, 0.4) is 0 Å². The van der Waals surface area contributed by atoms with Crippen LogP contribution in [0.5, 0.6) is 0 Å². The molecular weight excluding hydrogens is 434 g/mol. The molecule has 0 bridgehead atoms. The van der Waals surface area contributed by atoms with Crippen molar-refractivity contribution >= 4 is 52.5 Å². The predicted molar refractivity (Wildman–Crippen MR) is 110 cm³/mol. The first-order chi connectivity index (χ1) is 14.2. The van der Waals surface area contributed by atoms with E-state index in [1.807, 2.05) is 0 Å². The first-order valence-electron chi connectivity index (χ1n) is 8.73. The van der Waals surface area contributed by atoms with Crippen LogP contribution in [0, 0.1) is 0 Å². The molecule has 0 saturated carbocycles. The highest BCUT2D eigenvalue weighted by Crippen LogP contribution is 2.33. The number of carbonyl (C=O) groups excluding carboxylic acids is 3. The van der Waals surface area contributed by atoms with E-state index in [0.717, 1.165) is 4.90 Å². The topological polar surface area (TPSA) is 114 Å². The second-order valence-electron chi connectivity index (χ2n) is 6.51. The summed E-state index contributed by atoms with van der Waals surface area (Å²) in [4.78, 5) is 48.5. The van der Waals surface area contributed by atoms with Crippen molar-refractivity contribution in [3.63, 3.8) is 0 Å². The minimum absolute atomic E-state index is 0.0680. The van der Waals surface area contributed by atoms with Crippen molar-refractivity contribution in [1.82, 2.24) is 4.90 Å². The number of esters is 1. The zero-order chi connectivity index (χ0) is 22.0. The van der Waals surface area contributed by atoms with E-state index >= 15 is 0 Å². The van der Waals surface area contributed by atoms with Crippen LogP contribution >= 0.6 is 23.4 Å². The van der Waals surface area contributed by atoms with Gasteiger partial charge in [-0.2, -0.15) is 0 Å². The highest BCUT2D eigenvalue weighted by atomic mass is 35.5. The molecule has 0 radical (unpaired) electrons. The van der Waals surface area contributed by atoms with E-state index in [0.29, 0.717) is 23.1 Å². The fourth-order valence-electron chi connectivity index (χ4n) is 2.62. The van der Waals surface area contributed by atoms with Gasteiger partial charge in [-0.15, -0.1) is 0 Å². The molecule has 0 atom stereocenters. The van der Waals surface area contributed by atoms with Gasteiger partial charge in [0, 0.05) is 11.6 Å². The van der Waals surface area contributed by atoms with Crippen LogP contribution < -0.4 is 0 Å². The Morgan fingerprint density at radius 1 is 1.27 bits per heavy atom. The monoisotopic (exact) mass is 449 g/mol. The Kier molecular flexibility index (Phi) is 6.33. The maximum absolute atomic E-state index is 12.5. The van der Waals surface area contributed by atoms with E-state index in [9.17, 15) is 24.3 Å². The minimum Gasteiger partial charge on any atom is -0.478 e. The highest BCUT2D eigenvalue weighted by Gasteiger charge is 2.37. The molecule has 3 rings (SSSR count). The number of thioether (sulfide) groups is 1. The Bertz CT molecular complexity index is 1070. The molecule has 1 saturated heterocycles. The van der Waals surface area contributed by atoms with Crippen LogP contribution in [-0.4, -0.2) is 45.7 Å². The van der Waals surface area contributed by atoms with E-state index in [-0.39, 0.29) is 27.4 Å². The molecule has 8 nitrogen and oxygen atoms in total. The summed E-state index contributed by atoms with van der Waals surface area (Å²) in [6.45, 7) is 2.87. The summed E-state index contributed by atoms with van der Waals surface area (Å²) >= 11 is 6.56. The Labute approximate surface area is 180 Å². The van der Waals surface area contributed by atoms with Crippen molar-refractivity contribution in [1.29, 1.82) is 0 Å². The average Bonchev–Trinajstić information content (AvgIpc) is 3.22. The summed E-state index contributed by atoms with van der Waals surface area (Å²) in [5.41, 5.74) is 0.419. The Balaban J connectivity index is 1.79. The number of hydrogen-bond acceptors (Lipinski definition) is 7. The summed E-state index contributed by atoms with van der Waals surface area (Å²) < 4.78 is 10.6. The zero-order valence-electron chi connectivity index (χ0n) is 15.9. The molecule has 1 fully saturated rings. The van der Waals surface area contributed by atoms with E-state index in [1.54, 1.807) is 32.0 Å². The molecule has 2 heterocycles. The van der Waals surface area contributed by atoms with Gasteiger partial charge in [0.05, 0.1) is 21.6 Å². The number of carboxylic acids is 1. The van der Waals surface area contributed by atoms with Gasteiger partial charge in [-0.25, -0.2) is 4.79 Å². The number of ether oxygens (including phenoxy) is 1. The number of benzene rings is 1. The van der Waals surface area contributed by atoms with Crippen LogP contribution in [0.4, 0.5) is 4.79 Å². The van der Waals surface area contributed by atoms with E-state index < -0.39 is 29.6 Å². The molecule has 30 heavy (non-hydrogen) atoms. The molecule has 2 aromatic rings. The van der Waals surface area contributed by atoms with Crippen molar-refractivity contribution < 1.29 is 33.4 Å². The third kappa shape index (κ3) is 4.74. The van der Waals surface area contributed by atoms with Crippen LogP contribution in [-0.2, 0) is 14.3 Å². The molecule has 10 heteroatoms. The lowest BCUT2D eigenvalue weighted by Crippen LogP contribution is -2.35. The summed E-state index contributed by atoms with van der Waals surface area (Å²) in [6, 6.07) is 7.60. The Hall–Kier alpha value is -3.04. The van der Waals surface area contributed by atoms with Gasteiger partial charge in [-0.1, -0.05) is 11.6 Å². The highest BCUT2D eigenvalue weighted by molar-refractivity contribution is 8.18. The van der Waals surface area contributed by atoms with Crippen molar-refractivity contribution in [2.24, 2.45) is 0 Å². The largest absolute Gasteiger partial charge is 0.478 e. The van der Waals surface area contributed by atoms with Crippen LogP contribution in [0.1, 0.15) is 30.0 Å². The second-order valence-corrected chi connectivity index (χ2v) is 7.91. The number of carboxylic acid groups (broad SMARTS) is 1. The number of halogens is 1. The van der Waals surface area contributed by atoms with Gasteiger partial charge >= 0.3 is 11.9 Å². The van der Waals surface area contributed by atoms with E-state index in [2.05, 4.69) is 0 Å². The Morgan fingerprint density at radius 2 is 2.00 bits per heavy atom. The maximum atomic E-state index is 12.5. The third-order valence-electron chi connectivity index (χ3n) is 3.91. The summed E-state index contributed by atoms with van der Waals surface area (Å²) in [7, 11) is 0. The first-order valence-corrected chi connectivity index (χ1v) is 9.93. The Morgan fingerprint density at radius 3 is 2.67 bits per heavy atom. The van der Waals surface area contributed by atoms with E-state index in [4.69, 9.17) is 20.8 Å². The number of aromatic carboxylic acids is 1. The van der Waals surface area contributed by atoms with Gasteiger partial charge in [0.1, 0.15) is 18.1 Å². The molecule has 0 aliphatic carbocycles. The zero-order valence-corrected chi connectivity index (χ0v) is 17.5. The standard InChI is InChI=1S/C20H16ClNO7S/c1-10(2)28-17(23)9-22-18(24)16(30-20(22)27)8-12-4-6-15(29-12)11-3-5-14(21)13(7-11)19(25)26/h3-8,10H,9H2,1-2H3,(H,25,26)/b16-8-. The van der Waals surface area contributed by atoms with Crippen LogP contribution in [0.15, 0.2) is 39.7 Å². The molecule has 156 valence electrons. The SMILES string of the molecule is CC(C)OC(=O)CN1C(=O)S/C(=C\c2ccc(-c3ccc(Cl)c(C(=O)O)c3)o2)C1=O. The quantitative estimate of drug-likeness (QED) is 0.513. The van der Waals surface area contributed by atoms with Gasteiger partial charge < -0.3 is 14.3 Å². The number of hydrogen-bond donors (Lipinski definition) is 1. The number of carbonyl (C=O) groups is 4. The molecule has 1 aromatic heterocycles. The van der Waals surface area contributed by atoms with Gasteiger partial charge in [-0.05, 0) is 55.9 Å². The number of nitrogens with zero attached hydrogens (tertiary/aromatic N) is 1. The second kappa shape index (κ2) is 8.76. The summed E-state index contributed by atoms with van der Waals surface area (Å²) in [5.74, 6) is -1.82. The van der Waals surface area contributed by atoms with E-state index in [1.165, 1.54) is 18.2 Å². The fourth-order valence-corrected chi connectivity index (χ4v) is 3.64. The summed E-state index contributed by atoms with van der Waals surface area (Å²) in [6.07, 6.45) is 1.03. The van der Waals surface area contributed by atoms with Crippen molar-refractivity contribution in [2.45, 2.75) is 20.0 Å². The maximum Gasteiger partial charge on any atom is 0.337 e. The van der Waals surface area contributed by atoms with Crippen molar-refractivity contribution in [3.8, 4) is 11.3 Å². The lowest BCUT2D eigenvalue weighted by Gasteiger charge is -2.13. The van der Waals surface area contributed by atoms with Crippen molar-refractivity contribution in [2.75, 3.05) is 6.54 Å². The number of furan rings is 1.